The normalized spacial score (nSPS) is 14.5. The van der Waals surface area contributed by atoms with E-state index < -0.39 is 0 Å². The fourth-order valence-electron chi connectivity index (χ4n) is 2.34. The molecule has 0 atom stereocenters. The first-order valence-corrected chi connectivity index (χ1v) is 9.63. The van der Waals surface area contributed by atoms with Gasteiger partial charge < -0.3 is 19.9 Å². The number of aromatic nitrogens is 1. The Hall–Kier alpha value is -1.49. The van der Waals surface area contributed by atoms with Gasteiger partial charge in [-0.3, -0.25) is 15.6 Å². The largest absolute Gasteiger partial charge is 0.378 e. The summed E-state index contributed by atoms with van der Waals surface area (Å²) in [6.45, 7) is 6.66. The van der Waals surface area contributed by atoms with Crippen LogP contribution in [-0.2, 0) is 4.74 Å². The quantitative estimate of drug-likeness (QED) is 0.281. The number of carbonyl (C=O) groups is 1. The number of nitrogens with one attached hydrogen (secondary N) is 4. The third-order valence-electron chi connectivity index (χ3n) is 3.70. The molecule has 0 saturated carbocycles. The number of rotatable bonds is 6. The summed E-state index contributed by atoms with van der Waals surface area (Å²) in [5.41, 5.74) is 6.10. The summed E-state index contributed by atoms with van der Waals surface area (Å²) in [7, 11) is 4.22. The number of nitrogens with zero attached hydrogens (tertiary/aromatic N) is 2. The maximum Gasteiger partial charge on any atom is 0.281 e. The number of hydrogen-bond acceptors (Lipinski definition) is 6. The first-order chi connectivity index (χ1) is 12.0. The van der Waals surface area contributed by atoms with Crippen molar-refractivity contribution in [3.8, 4) is 0 Å². The Bertz CT molecular complexity index is 587. The number of hydrazine groups is 1. The predicted octanol–water partition coefficient (Wildman–Crippen LogP) is -1.07. The summed E-state index contributed by atoms with van der Waals surface area (Å²) in [6.07, 6.45) is 1.01. The Morgan fingerprint density at radius 3 is 2.76 bits per heavy atom. The Morgan fingerprint density at radius 2 is 2.08 bits per heavy atom. The molecule has 1 aromatic rings. The smallest absolute Gasteiger partial charge is 0.281 e. The monoisotopic (exact) mass is 387 g/mol. The fourth-order valence-corrected chi connectivity index (χ4v) is 3.51. The standard InChI is InChI=1S/C15H26N6O2S2/c1-11-12(25-15(17-11)21-7-9-23-10-8-21)13(22)18-19-14(24)16-5-4-6-20(2)3/h4-10H2,1-3H3,(H,18,22)(H2,16,19,24)/p+1. The number of hydrogen-bond donors (Lipinski definition) is 4. The summed E-state index contributed by atoms with van der Waals surface area (Å²) in [5, 5.41) is 4.35. The summed E-state index contributed by atoms with van der Waals surface area (Å²) in [5.74, 6) is -0.226. The molecule has 1 saturated heterocycles. The van der Waals surface area contributed by atoms with E-state index in [4.69, 9.17) is 17.0 Å². The number of morpholine rings is 1. The lowest BCUT2D eigenvalue weighted by molar-refractivity contribution is -0.858. The van der Waals surface area contributed by atoms with Crippen LogP contribution in [0.15, 0.2) is 0 Å². The summed E-state index contributed by atoms with van der Waals surface area (Å²) >= 11 is 6.56. The van der Waals surface area contributed by atoms with Crippen LogP contribution in [0.4, 0.5) is 5.13 Å². The van der Waals surface area contributed by atoms with Gasteiger partial charge >= 0.3 is 0 Å². The van der Waals surface area contributed by atoms with Crippen LogP contribution in [-0.4, -0.2) is 69.5 Å². The SMILES string of the molecule is Cc1nc(N2CCOCC2)sc1C(=O)NNC(=S)NCCC[NH+](C)C. The highest BCUT2D eigenvalue weighted by Crippen LogP contribution is 2.26. The molecule has 1 fully saturated rings. The van der Waals surface area contributed by atoms with Crippen molar-refractivity contribution in [2.45, 2.75) is 13.3 Å². The number of thiazole rings is 1. The van der Waals surface area contributed by atoms with Gasteiger partial charge in [0.2, 0.25) is 0 Å². The van der Waals surface area contributed by atoms with E-state index in [9.17, 15) is 4.79 Å². The van der Waals surface area contributed by atoms with Gasteiger partial charge in [-0.05, 0) is 19.1 Å². The molecule has 8 nitrogen and oxygen atoms in total. The molecule has 0 bridgehead atoms. The predicted molar refractivity (Wildman–Crippen MR) is 103 cm³/mol. The van der Waals surface area contributed by atoms with Crippen molar-refractivity contribution in [1.82, 2.24) is 21.2 Å². The highest BCUT2D eigenvalue weighted by molar-refractivity contribution is 7.80. The Kier molecular flexibility index (Phi) is 7.82. The number of aryl methyl sites for hydroxylation is 1. The molecular formula is C15H27N6O2S2+. The fraction of sp³-hybridized carbons (Fsp3) is 0.667. The molecule has 0 radical (unpaired) electrons. The molecule has 4 N–H and O–H groups in total. The van der Waals surface area contributed by atoms with Gasteiger partial charge in [0.1, 0.15) is 4.88 Å². The first-order valence-electron chi connectivity index (χ1n) is 8.40. The van der Waals surface area contributed by atoms with Crippen LogP contribution in [0.5, 0.6) is 0 Å². The molecule has 1 aliphatic rings. The first kappa shape index (κ1) is 19.8. The van der Waals surface area contributed by atoms with E-state index in [1.54, 1.807) is 0 Å². The molecule has 2 rings (SSSR count). The molecule has 25 heavy (non-hydrogen) atoms. The topological polar surface area (TPSA) is 83.0 Å². The molecule has 1 amide bonds. The molecule has 0 aromatic carbocycles. The van der Waals surface area contributed by atoms with Gasteiger partial charge in [-0.25, -0.2) is 4.98 Å². The maximum atomic E-state index is 12.3. The highest BCUT2D eigenvalue weighted by Gasteiger charge is 2.20. The van der Waals surface area contributed by atoms with Gasteiger partial charge in [0.05, 0.1) is 39.5 Å². The van der Waals surface area contributed by atoms with Gasteiger partial charge in [0, 0.05) is 26.1 Å². The van der Waals surface area contributed by atoms with E-state index in [0.29, 0.717) is 23.2 Å². The van der Waals surface area contributed by atoms with Crippen LogP contribution in [0.2, 0.25) is 0 Å². The average Bonchev–Trinajstić information content (AvgIpc) is 2.99. The lowest BCUT2D eigenvalue weighted by Crippen LogP contribution is -3.05. The van der Waals surface area contributed by atoms with E-state index in [1.807, 2.05) is 6.92 Å². The van der Waals surface area contributed by atoms with Gasteiger partial charge in [0.25, 0.3) is 5.91 Å². The molecule has 0 unspecified atom stereocenters. The minimum Gasteiger partial charge on any atom is -0.378 e. The molecule has 1 aromatic heterocycles. The van der Waals surface area contributed by atoms with Crippen LogP contribution in [0.3, 0.4) is 0 Å². The summed E-state index contributed by atoms with van der Waals surface area (Å²) in [6, 6.07) is 0. The molecule has 1 aliphatic heterocycles. The molecule has 10 heteroatoms. The third kappa shape index (κ3) is 6.38. The second kappa shape index (κ2) is 9.85. The second-order valence-corrected chi connectivity index (χ2v) is 7.54. The zero-order chi connectivity index (χ0) is 18.2. The van der Waals surface area contributed by atoms with Crippen molar-refractivity contribution in [2.75, 3.05) is 58.4 Å². The molecular weight excluding hydrogens is 360 g/mol. The molecule has 2 heterocycles. The van der Waals surface area contributed by atoms with Crippen LogP contribution in [0, 0.1) is 6.92 Å². The van der Waals surface area contributed by atoms with Crippen LogP contribution in [0.25, 0.3) is 0 Å². The summed E-state index contributed by atoms with van der Waals surface area (Å²) < 4.78 is 5.35. The average molecular weight is 388 g/mol. The minimum atomic E-state index is -0.226. The summed E-state index contributed by atoms with van der Waals surface area (Å²) in [4.78, 5) is 21.0. The Morgan fingerprint density at radius 1 is 1.36 bits per heavy atom. The lowest BCUT2D eigenvalue weighted by Gasteiger charge is -2.25. The van der Waals surface area contributed by atoms with Crippen molar-refractivity contribution in [3.05, 3.63) is 10.6 Å². The Balaban J connectivity index is 1.78. The third-order valence-corrected chi connectivity index (χ3v) is 5.17. The number of anilines is 1. The Labute approximate surface area is 157 Å². The molecule has 140 valence electrons. The number of carbonyl (C=O) groups excluding carboxylic acids is 1. The van der Waals surface area contributed by atoms with Crippen molar-refractivity contribution < 1.29 is 14.4 Å². The van der Waals surface area contributed by atoms with E-state index >= 15 is 0 Å². The van der Waals surface area contributed by atoms with Crippen molar-refractivity contribution in [1.29, 1.82) is 0 Å². The van der Waals surface area contributed by atoms with E-state index in [0.717, 1.165) is 43.4 Å². The second-order valence-electron chi connectivity index (χ2n) is 6.16. The van der Waals surface area contributed by atoms with E-state index in [2.05, 4.69) is 40.1 Å². The van der Waals surface area contributed by atoms with Gasteiger partial charge in [-0.15, -0.1) is 0 Å². The number of thiocarbonyl (C=S) groups is 1. The van der Waals surface area contributed by atoms with E-state index in [1.165, 1.54) is 16.2 Å². The minimum absolute atomic E-state index is 0.226. The van der Waals surface area contributed by atoms with Crippen LogP contribution >= 0.6 is 23.6 Å². The number of quaternary nitrogens is 1. The number of amides is 1. The van der Waals surface area contributed by atoms with Crippen LogP contribution in [0.1, 0.15) is 21.8 Å². The van der Waals surface area contributed by atoms with Gasteiger partial charge in [-0.2, -0.15) is 0 Å². The lowest BCUT2D eigenvalue weighted by atomic mass is 10.4. The van der Waals surface area contributed by atoms with Crippen molar-refractivity contribution in [3.63, 3.8) is 0 Å². The van der Waals surface area contributed by atoms with Gasteiger partial charge in [0.15, 0.2) is 10.2 Å². The van der Waals surface area contributed by atoms with E-state index in [-0.39, 0.29) is 5.91 Å². The van der Waals surface area contributed by atoms with Gasteiger partial charge in [-0.1, -0.05) is 11.3 Å². The zero-order valence-corrected chi connectivity index (χ0v) is 16.6. The number of ether oxygens (including phenoxy) is 1. The molecule has 0 aliphatic carbocycles. The molecule has 0 spiro atoms. The highest BCUT2D eigenvalue weighted by atomic mass is 32.1. The zero-order valence-electron chi connectivity index (χ0n) is 15.0. The maximum absolute atomic E-state index is 12.3. The van der Waals surface area contributed by atoms with Crippen molar-refractivity contribution in [2.24, 2.45) is 0 Å². The van der Waals surface area contributed by atoms with Crippen LogP contribution < -0.4 is 26.0 Å². The van der Waals surface area contributed by atoms with Crippen molar-refractivity contribution >= 4 is 39.7 Å².